The van der Waals surface area contributed by atoms with Crippen molar-refractivity contribution < 1.29 is 4.74 Å². The third-order valence-corrected chi connectivity index (χ3v) is 5.27. The van der Waals surface area contributed by atoms with Gasteiger partial charge in [-0.05, 0) is 63.1 Å². The van der Waals surface area contributed by atoms with Gasteiger partial charge in [0.2, 0.25) is 0 Å². The van der Waals surface area contributed by atoms with E-state index < -0.39 is 0 Å². The smallest absolute Gasteiger partial charge is 0.0466 e. The minimum absolute atomic E-state index is 1.00. The molecule has 0 unspecified atom stereocenters. The maximum atomic E-state index is 5.19. The van der Waals surface area contributed by atoms with Crippen molar-refractivity contribution >= 4 is 11.8 Å². The van der Waals surface area contributed by atoms with Crippen molar-refractivity contribution in [2.24, 2.45) is 0 Å². The Kier molecular flexibility index (Phi) is 15.3. The Morgan fingerprint density at radius 3 is 1.57 bits per heavy atom. The van der Waals surface area contributed by atoms with Crippen molar-refractivity contribution in [1.82, 2.24) is 5.32 Å². The minimum Gasteiger partial charge on any atom is -0.381 e. The Bertz CT molecular complexity index is 109. The standard InChI is InChI=1S/C6H13N.C6H12O.C6H12S/c3*1-2-4-6-7-5-3-1/h7H,1-6H2;2*1-6H2. The number of thioether (sulfide) groups is 1. The molecule has 0 aromatic carbocycles. The third kappa shape index (κ3) is 15.0. The molecule has 3 aliphatic heterocycles. The lowest BCUT2D eigenvalue weighted by atomic mass is 10.2. The summed E-state index contributed by atoms with van der Waals surface area (Å²) in [6, 6.07) is 0. The van der Waals surface area contributed by atoms with Crippen LogP contribution in [0, 0.1) is 0 Å². The van der Waals surface area contributed by atoms with E-state index in [4.69, 9.17) is 4.74 Å². The fourth-order valence-corrected chi connectivity index (χ4v) is 3.73. The second-order valence-corrected chi connectivity index (χ2v) is 7.44. The van der Waals surface area contributed by atoms with Crippen LogP contribution in [0.2, 0.25) is 0 Å². The van der Waals surface area contributed by atoms with E-state index in [0.717, 1.165) is 13.2 Å². The van der Waals surface area contributed by atoms with Crippen molar-refractivity contribution in [3.8, 4) is 0 Å². The van der Waals surface area contributed by atoms with Crippen LogP contribution in [0.4, 0.5) is 0 Å². The van der Waals surface area contributed by atoms with Gasteiger partial charge in [-0.1, -0.05) is 38.5 Å². The van der Waals surface area contributed by atoms with Crippen LogP contribution < -0.4 is 5.32 Å². The highest BCUT2D eigenvalue weighted by molar-refractivity contribution is 7.99. The Morgan fingerprint density at radius 1 is 0.524 bits per heavy atom. The molecule has 3 heteroatoms. The predicted molar refractivity (Wildman–Crippen MR) is 96.4 cm³/mol. The van der Waals surface area contributed by atoms with Crippen LogP contribution in [0.25, 0.3) is 0 Å². The summed E-state index contributed by atoms with van der Waals surface area (Å²) in [5.74, 6) is 2.83. The van der Waals surface area contributed by atoms with E-state index in [1.807, 2.05) is 0 Å². The molecule has 21 heavy (non-hydrogen) atoms. The molecule has 0 amide bonds. The SMILES string of the molecule is C1CCCNCC1.C1CCCOCC1.C1CCCSCC1. The minimum atomic E-state index is 1.00. The molecule has 0 saturated carbocycles. The first-order valence-electron chi connectivity index (χ1n) is 9.36. The molecule has 1 N–H and O–H groups in total. The van der Waals surface area contributed by atoms with Crippen LogP contribution in [0.1, 0.15) is 77.0 Å². The molecule has 3 aliphatic rings. The lowest BCUT2D eigenvalue weighted by molar-refractivity contribution is 0.144. The van der Waals surface area contributed by atoms with Crippen molar-refractivity contribution in [2.75, 3.05) is 37.8 Å². The first-order chi connectivity index (χ1) is 10.5. The highest BCUT2D eigenvalue weighted by atomic mass is 32.2. The Hall–Kier alpha value is 0.270. The van der Waals surface area contributed by atoms with Crippen LogP contribution in [-0.2, 0) is 4.74 Å². The summed E-state index contributed by atoms with van der Waals surface area (Å²) >= 11 is 2.12. The van der Waals surface area contributed by atoms with Gasteiger partial charge >= 0.3 is 0 Å². The largest absolute Gasteiger partial charge is 0.381 e. The molecule has 0 atom stereocenters. The Balaban J connectivity index is 0.000000157. The summed E-state index contributed by atoms with van der Waals surface area (Å²) < 4.78 is 5.19. The van der Waals surface area contributed by atoms with Crippen LogP contribution in [0.5, 0.6) is 0 Å². The molecular weight excluding hydrogens is 278 g/mol. The molecule has 0 spiro atoms. The first kappa shape index (κ1) is 19.3. The van der Waals surface area contributed by atoms with Gasteiger partial charge in [-0.3, -0.25) is 0 Å². The van der Waals surface area contributed by atoms with Gasteiger partial charge in [0, 0.05) is 13.2 Å². The van der Waals surface area contributed by atoms with Crippen molar-refractivity contribution in [1.29, 1.82) is 0 Å². The van der Waals surface area contributed by atoms with Crippen LogP contribution in [-0.4, -0.2) is 37.8 Å². The molecule has 0 radical (unpaired) electrons. The zero-order valence-corrected chi connectivity index (χ0v) is 14.9. The lowest BCUT2D eigenvalue weighted by Crippen LogP contribution is -2.12. The van der Waals surface area contributed by atoms with Gasteiger partial charge in [-0.25, -0.2) is 0 Å². The predicted octanol–water partition coefficient (Wildman–Crippen LogP) is 5.02. The van der Waals surface area contributed by atoms with Gasteiger partial charge in [0.25, 0.3) is 0 Å². The maximum absolute atomic E-state index is 5.19. The molecule has 2 nitrogen and oxygen atoms in total. The second-order valence-electron chi connectivity index (χ2n) is 6.22. The molecule has 0 aliphatic carbocycles. The molecule has 0 bridgehead atoms. The van der Waals surface area contributed by atoms with Crippen molar-refractivity contribution in [3.63, 3.8) is 0 Å². The van der Waals surface area contributed by atoms with E-state index in [2.05, 4.69) is 17.1 Å². The topological polar surface area (TPSA) is 21.3 Å². The highest BCUT2D eigenvalue weighted by Crippen LogP contribution is 2.15. The lowest BCUT2D eigenvalue weighted by Gasteiger charge is -1.91. The number of nitrogens with one attached hydrogen (secondary N) is 1. The Labute approximate surface area is 137 Å². The summed E-state index contributed by atoms with van der Waals surface area (Å²) in [5, 5.41) is 3.35. The number of hydrogen-bond donors (Lipinski definition) is 1. The summed E-state index contributed by atoms with van der Waals surface area (Å²) in [5.41, 5.74) is 0. The quantitative estimate of drug-likeness (QED) is 0.678. The average molecular weight is 316 g/mol. The van der Waals surface area contributed by atoms with Gasteiger partial charge in [-0.2, -0.15) is 11.8 Å². The molecule has 3 heterocycles. The van der Waals surface area contributed by atoms with Crippen molar-refractivity contribution in [3.05, 3.63) is 0 Å². The zero-order chi connectivity index (χ0) is 14.8. The molecule has 126 valence electrons. The molecule has 3 rings (SSSR count). The third-order valence-electron chi connectivity index (χ3n) is 4.11. The maximum Gasteiger partial charge on any atom is 0.0466 e. The number of ether oxygens (including phenoxy) is 1. The fourth-order valence-electron chi connectivity index (χ4n) is 2.71. The summed E-state index contributed by atoms with van der Waals surface area (Å²) in [6.07, 6.45) is 16.8. The second kappa shape index (κ2) is 16.6. The normalized spacial score (nSPS) is 24.0. The zero-order valence-electron chi connectivity index (χ0n) is 14.0. The van der Waals surface area contributed by atoms with Crippen molar-refractivity contribution in [2.45, 2.75) is 77.0 Å². The van der Waals surface area contributed by atoms with Crippen LogP contribution in [0.3, 0.4) is 0 Å². The summed E-state index contributed by atoms with van der Waals surface area (Å²) in [7, 11) is 0. The highest BCUT2D eigenvalue weighted by Gasteiger charge is 1.96. The van der Waals surface area contributed by atoms with E-state index in [0.29, 0.717) is 0 Å². The number of rotatable bonds is 0. The summed E-state index contributed by atoms with van der Waals surface area (Å²) in [6.45, 7) is 4.50. The fraction of sp³-hybridized carbons (Fsp3) is 1.00. The molecular formula is C18H37NOS. The monoisotopic (exact) mass is 315 g/mol. The van der Waals surface area contributed by atoms with Gasteiger partial charge < -0.3 is 10.1 Å². The van der Waals surface area contributed by atoms with E-state index in [1.165, 1.54) is 102 Å². The van der Waals surface area contributed by atoms with E-state index in [1.54, 1.807) is 0 Å². The van der Waals surface area contributed by atoms with E-state index in [9.17, 15) is 0 Å². The Morgan fingerprint density at radius 2 is 1.00 bits per heavy atom. The van der Waals surface area contributed by atoms with Gasteiger partial charge in [0.05, 0.1) is 0 Å². The summed E-state index contributed by atoms with van der Waals surface area (Å²) in [4.78, 5) is 0. The molecule has 0 aromatic rings. The van der Waals surface area contributed by atoms with Crippen LogP contribution >= 0.6 is 11.8 Å². The van der Waals surface area contributed by atoms with Crippen LogP contribution in [0.15, 0.2) is 0 Å². The van der Waals surface area contributed by atoms with E-state index >= 15 is 0 Å². The average Bonchev–Trinajstić information content (AvgIpc) is 3.09. The van der Waals surface area contributed by atoms with E-state index in [-0.39, 0.29) is 0 Å². The van der Waals surface area contributed by atoms with Gasteiger partial charge in [0.15, 0.2) is 0 Å². The molecule has 3 fully saturated rings. The van der Waals surface area contributed by atoms with Gasteiger partial charge in [-0.15, -0.1) is 0 Å². The molecule has 0 aromatic heterocycles. The first-order valence-corrected chi connectivity index (χ1v) is 10.5. The molecule has 3 saturated heterocycles. The number of hydrogen-bond acceptors (Lipinski definition) is 3. The van der Waals surface area contributed by atoms with Gasteiger partial charge in [0.1, 0.15) is 0 Å².